The number of aliphatic hydroxyl groups is 2. The summed E-state index contributed by atoms with van der Waals surface area (Å²) in [5.74, 6) is -0.897. The highest BCUT2D eigenvalue weighted by molar-refractivity contribution is 5.90. The highest BCUT2D eigenvalue weighted by Gasteiger charge is 2.39. The van der Waals surface area contributed by atoms with Crippen LogP contribution >= 0.6 is 0 Å². The monoisotopic (exact) mass is 423 g/mol. The number of ether oxygens (including phenoxy) is 1. The maximum absolute atomic E-state index is 12.2. The van der Waals surface area contributed by atoms with E-state index < -0.39 is 24.2 Å². The van der Waals surface area contributed by atoms with Crippen LogP contribution in [-0.2, 0) is 14.3 Å². The van der Waals surface area contributed by atoms with Gasteiger partial charge in [0.25, 0.3) is 0 Å². The van der Waals surface area contributed by atoms with Gasteiger partial charge in [0.15, 0.2) is 0 Å². The highest BCUT2D eigenvalue weighted by atomic mass is 16.5. The van der Waals surface area contributed by atoms with Crippen molar-refractivity contribution in [2.75, 3.05) is 6.61 Å². The van der Waals surface area contributed by atoms with Crippen molar-refractivity contribution in [3.05, 3.63) is 24.3 Å². The summed E-state index contributed by atoms with van der Waals surface area (Å²) in [6.45, 7) is 3.60. The van der Waals surface area contributed by atoms with Gasteiger partial charge in [-0.25, -0.2) is 4.79 Å². The van der Waals surface area contributed by atoms with Crippen LogP contribution in [0.1, 0.15) is 71.6 Å². The molecule has 0 saturated heterocycles. The summed E-state index contributed by atoms with van der Waals surface area (Å²) in [6.07, 6.45) is 12.4. The average molecular weight is 424 g/mol. The van der Waals surface area contributed by atoms with E-state index in [0.717, 1.165) is 32.1 Å². The number of aliphatic hydroxyl groups excluding tert-OH is 2. The molecule has 1 aliphatic rings. The van der Waals surface area contributed by atoms with Crippen molar-refractivity contribution in [1.82, 2.24) is 5.32 Å². The predicted octanol–water partition coefficient (Wildman–Crippen LogP) is 3.44. The maximum Gasteiger partial charge on any atom is 0.413 e. The highest BCUT2D eigenvalue weighted by Crippen LogP contribution is 2.33. The fourth-order valence-corrected chi connectivity index (χ4v) is 3.55. The Labute approximate surface area is 179 Å². The van der Waals surface area contributed by atoms with E-state index in [0.29, 0.717) is 19.3 Å². The van der Waals surface area contributed by atoms with Crippen LogP contribution in [0.3, 0.4) is 0 Å². The van der Waals surface area contributed by atoms with E-state index >= 15 is 0 Å². The molecule has 30 heavy (non-hydrogen) atoms. The van der Waals surface area contributed by atoms with Crippen molar-refractivity contribution in [3.8, 4) is 0 Å². The third kappa shape index (κ3) is 10.7. The van der Waals surface area contributed by atoms with Crippen LogP contribution in [0.5, 0.6) is 0 Å². The lowest BCUT2D eigenvalue weighted by Crippen LogP contribution is -2.28. The lowest BCUT2D eigenvalue weighted by molar-refractivity contribution is -0.121. The number of nitrogens with one attached hydrogen (secondary N) is 1. The summed E-state index contributed by atoms with van der Waals surface area (Å²) in [4.78, 5) is 34.1. The zero-order valence-electron chi connectivity index (χ0n) is 18.2. The minimum Gasteiger partial charge on any atom is -0.449 e. The standard InChI is InChI=1S/C23H37NO6/c1-3-4-8-11-18(26)13-14-20-19(21(27)16-22(20)28)12-9-6-5-7-10-15-30-23(29)24-17(2)25/h6,9,13-14,18-20,22,26,28H,3-5,7-8,10-12,15-16H2,1-2H3,(H,24,25,29)/t18-,19+,20+,22+/m0/s1. The molecule has 1 rings (SSSR count). The number of hydrogen-bond donors (Lipinski definition) is 3. The Morgan fingerprint density at radius 1 is 1.23 bits per heavy atom. The van der Waals surface area contributed by atoms with Gasteiger partial charge in [0.2, 0.25) is 5.91 Å². The van der Waals surface area contributed by atoms with E-state index in [4.69, 9.17) is 4.74 Å². The van der Waals surface area contributed by atoms with E-state index in [-0.39, 0.29) is 30.6 Å². The van der Waals surface area contributed by atoms with Crippen molar-refractivity contribution in [2.45, 2.75) is 83.8 Å². The van der Waals surface area contributed by atoms with Gasteiger partial charge in [0, 0.05) is 25.2 Å². The lowest BCUT2D eigenvalue weighted by Gasteiger charge is -2.16. The second kappa shape index (κ2) is 14.9. The average Bonchev–Trinajstić information content (AvgIpc) is 2.94. The van der Waals surface area contributed by atoms with E-state index in [9.17, 15) is 24.6 Å². The number of Topliss-reactive ketones (excluding diaryl/α,β-unsaturated/α-hetero) is 1. The third-order valence-corrected chi connectivity index (χ3v) is 5.22. The van der Waals surface area contributed by atoms with Gasteiger partial charge in [-0.05, 0) is 32.1 Å². The van der Waals surface area contributed by atoms with Crippen LogP contribution < -0.4 is 5.32 Å². The van der Waals surface area contributed by atoms with Crippen LogP contribution in [0.2, 0.25) is 0 Å². The van der Waals surface area contributed by atoms with Gasteiger partial charge in [-0.2, -0.15) is 0 Å². The maximum atomic E-state index is 12.2. The van der Waals surface area contributed by atoms with E-state index in [1.54, 1.807) is 6.08 Å². The number of unbranched alkanes of at least 4 members (excludes halogenated alkanes) is 4. The molecule has 0 aliphatic heterocycles. The topological polar surface area (TPSA) is 113 Å². The number of carbonyl (C=O) groups is 3. The molecule has 0 aromatic carbocycles. The van der Waals surface area contributed by atoms with Gasteiger partial charge in [0.1, 0.15) is 5.78 Å². The molecule has 170 valence electrons. The fourth-order valence-electron chi connectivity index (χ4n) is 3.55. The Kier molecular flexibility index (Phi) is 12.9. The molecule has 2 amide bonds. The zero-order valence-corrected chi connectivity index (χ0v) is 18.2. The first kappa shape index (κ1) is 26.0. The Morgan fingerprint density at radius 3 is 2.70 bits per heavy atom. The molecule has 0 unspecified atom stereocenters. The fraction of sp³-hybridized carbons (Fsp3) is 0.696. The Morgan fingerprint density at radius 2 is 2.00 bits per heavy atom. The first-order chi connectivity index (χ1) is 14.3. The number of allylic oxidation sites excluding steroid dienone is 2. The summed E-state index contributed by atoms with van der Waals surface area (Å²) < 4.78 is 4.86. The molecule has 3 N–H and O–H groups in total. The van der Waals surface area contributed by atoms with E-state index in [2.05, 4.69) is 6.92 Å². The van der Waals surface area contributed by atoms with E-state index in [1.807, 2.05) is 23.5 Å². The quantitative estimate of drug-likeness (QED) is 0.309. The summed E-state index contributed by atoms with van der Waals surface area (Å²) in [5.41, 5.74) is 0. The van der Waals surface area contributed by atoms with Crippen molar-refractivity contribution in [2.24, 2.45) is 11.8 Å². The predicted molar refractivity (Wildman–Crippen MR) is 115 cm³/mol. The smallest absolute Gasteiger partial charge is 0.413 e. The van der Waals surface area contributed by atoms with Crippen LogP contribution in [0.4, 0.5) is 4.79 Å². The SMILES string of the molecule is CCCCC[C@H](O)C=C[C@H]1[C@H](O)CC(=O)[C@@H]1CC=CCCCCOC(=O)NC(C)=O. The largest absolute Gasteiger partial charge is 0.449 e. The first-order valence-electron chi connectivity index (χ1n) is 11.0. The molecule has 0 heterocycles. The summed E-state index contributed by atoms with van der Waals surface area (Å²) >= 11 is 0. The summed E-state index contributed by atoms with van der Waals surface area (Å²) in [6, 6.07) is 0. The molecule has 1 aliphatic carbocycles. The molecule has 0 spiro atoms. The minimum absolute atomic E-state index is 0.0622. The van der Waals surface area contributed by atoms with Crippen molar-refractivity contribution < 1.29 is 29.3 Å². The second-order valence-corrected chi connectivity index (χ2v) is 7.89. The number of ketones is 1. The number of imide groups is 1. The molecule has 1 saturated carbocycles. The number of carbonyl (C=O) groups excluding carboxylic acids is 3. The normalized spacial score (nSPS) is 22.7. The van der Waals surface area contributed by atoms with Gasteiger partial charge in [-0.1, -0.05) is 50.5 Å². The molecule has 0 aromatic heterocycles. The van der Waals surface area contributed by atoms with Gasteiger partial charge in [-0.3, -0.25) is 14.9 Å². The van der Waals surface area contributed by atoms with Crippen LogP contribution in [-0.4, -0.2) is 46.8 Å². The van der Waals surface area contributed by atoms with Gasteiger partial charge in [-0.15, -0.1) is 0 Å². The molecule has 0 radical (unpaired) electrons. The molecule has 4 atom stereocenters. The number of rotatable bonds is 13. The lowest BCUT2D eigenvalue weighted by atomic mass is 9.90. The van der Waals surface area contributed by atoms with Crippen LogP contribution in [0, 0.1) is 11.8 Å². The second-order valence-electron chi connectivity index (χ2n) is 7.89. The number of hydrogen-bond acceptors (Lipinski definition) is 6. The van der Waals surface area contributed by atoms with Crippen molar-refractivity contribution in [3.63, 3.8) is 0 Å². The Bertz CT molecular complexity index is 601. The van der Waals surface area contributed by atoms with Crippen LogP contribution in [0.25, 0.3) is 0 Å². The van der Waals surface area contributed by atoms with Gasteiger partial charge in [0.05, 0.1) is 18.8 Å². The molecule has 0 aromatic rings. The summed E-state index contributed by atoms with van der Waals surface area (Å²) in [5, 5.41) is 22.3. The number of amides is 2. The molecule has 1 fully saturated rings. The number of alkyl carbamates (subject to hydrolysis) is 1. The third-order valence-electron chi connectivity index (χ3n) is 5.22. The minimum atomic E-state index is -0.731. The first-order valence-corrected chi connectivity index (χ1v) is 11.0. The molecule has 0 bridgehead atoms. The molecule has 7 nitrogen and oxygen atoms in total. The van der Waals surface area contributed by atoms with E-state index in [1.165, 1.54) is 6.92 Å². The zero-order chi connectivity index (χ0) is 22.4. The summed E-state index contributed by atoms with van der Waals surface area (Å²) in [7, 11) is 0. The van der Waals surface area contributed by atoms with Gasteiger partial charge < -0.3 is 14.9 Å². The Hall–Kier alpha value is -1.99. The van der Waals surface area contributed by atoms with Crippen molar-refractivity contribution >= 4 is 17.8 Å². The van der Waals surface area contributed by atoms with Crippen LogP contribution in [0.15, 0.2) is 24.3 Å². The van der Waals surface area contributed by atoms with Gasteiger partial charge >= 0.3 is 6.09 Å². The molecular weight excluding hydrogens is 386 g/mol. The van der Waals surface area contributed by atoms with Crippen molar-refractivity contribution in [1.29, 1.82) is 0 Å². The Balaban J connectivity index is 2.33. The molecule has 7 heteroatoms. The molecular formula is C23H37NO6.